The molecule has 0 unspecified atom stereocenters. The number of benzene rings is 2. The van der Waals surface area contributed by atoms with Gasteiger partial charge in [0, 0.05) is 18.7 Å². The van der Waals surface area contributed by atoms with Gasteiger partial charge in [-0.05, 0) is 62.5 Å². The quantitative estimate of drug-likeness (QED) is 0.397. The van der Waals surface area contributed by atoms with Gasteiger partial charge in [-0.1, -0.05) is 19.1 Å². The van der Waals surface area contributed by atoms with Gasteiger partial charge < -0.3 is 19.6 Å². The second kappa shape index (κ2) is 9.75. The van der Waals surface area contributed by atoms with E-state index in [4.69, 9.17) is 4.74 Å². The SMILES string of the molecule is CCCOc1ccc([C@@H]2C(=C(O)c3ccc(F)cc3)C(=O)C(=O)N2CCN(C)C)cc1. The Kier molecular flexibility index (Phi) is 7.07. The zero-order valence-corrected chi connectivity index (χ0v) is 18.0. The molecular weight excluding hydrogens is 399 g/mol. The first kappa shape index (κ1) is 22.5. The Balaban J connectivity index is 2.06. The molecule has 2 aromatic carbocycles. The fourth-order valence-corrected chi connectivity index (χ4v) is 3.49. The molecule has 0 spiro atoms. The van der Waals surface area contributed by atoms with E-state index in [1.807, 2.05) is 25.9 Å². The topological polar surface area (TPSA) is 70.1 Å². The maximum absolute atomic E-state index is 13.3. The Labute approximate surface area is 181 Å². The van der Waals surface area contributed by atoms with Crippen LogP contribution in [-0.4, -0.2) is 60.4 Å². The van der Waals surface area contributed by atoms with E-state index >= 15 is 0 Å². The maximum Gasteiger partial charge on any atom is 0.295 e. The number of ether oxygens (including phenoxy) is 1. The average molecular weight is 426 g/mol. The Hall–Kier alpha value is -3.19. The van der Waals surface area contributed by atoms with Crippen LogP contribution >= 0.6 is 0 Å². The molecule has 0 aliphatic carbocycles. The van der Waals surface area contributed by atoms with Crippen LogP contribution in [-0.2, 0) is 9.59 Å². The number of carbonyl (C=O) groups excluding carboxylic acids is 2. The summed E-state index contributed by atoms with van der Waals surface area (Å²) >= 11 is 0. The highest BCUT2D eigenvalue weighted by molar-refractivity contribution is 6.46. The molecular formula is C24H27FN2O4. The lowest BCUT2D eigenvalue weighted by atomic mass is 9.95. The molecule has 164 valence electrons. The number of aliphatic hydroxyl groups excluding tert-OH is 1. The fourth-order valence-electron chi connectivity index (χ4n) is 3.49. The first-order chi connectivity index (χ1) is 14.8. The monoisotopic (exact) mass is 426 g/mol. The Morgan fingerprint density at radius 1 is 1.10 bits per heavy atom. The van der Waals surface area contributed by atoms with Crippen molar-refractivity contribution in [2.45, 2.75) is 19.4 Å². The Morgan fingerprint density at radius 3 is 2.32 bits per heavy atom. The number of nitrogens with zero attached hydrogens (tertiary/aromatic N) is 2. The van der Waals surface area contributed by atoms with Gasteiger partial charge in [-0.2, -0.15) is 0 Å². The van der Waals surface area contributed by atoms with Gasteiger partial charge in [0.05, 0.1) is 18.2 Å². The highest BCUT2D eigenvalue weighted by atomic mass is 19.1. The Bertz CT molecular complexity index is 968. The first-order valence-corrected chi connectivity index (χ1v) is 10.2. The first-order valence-electron chi connectivity index (χ1n) is 10.2. The van der Waals surface area contributed by atoms with Crippen LogP contribution in [0.4, 0.5) is 4.39 Å². The zero-order chi connectivity index (χ0) is 22.5. The third-order valence-electron chi connectivity index (χ3n) is 5.11. The molecule has 0 radical (unpaired) electrons. The van der Waals surface area contributed by atoms with E-state index in [-0.39, 0.29) is 16.9 Å². The number of Topliss-reactive ketones (excluding diaryl/α,β-unsaturated/α-hetero) is 1. The largest absolute Gasteiger partial charge is 0.507 e. The van der Waals surface area contributed by atoms with Gasteiger partial charge in [-0.15, -0.1) is 0 Å². The number of carbonyl (C=O) groups is 2. The molecule has 3 rings (SSSR count). The molecule has 1 atom stereocenters. The van der Waals surface area contributed by atoms with Crippen molar-refractivity contribution in [2.75, 3.05) is 33.8 Å². The van der Waals surface area contributed by atoms with Crippen LogP contribution in [0, 0.1) is 5.82 Å². The van der Waals surface area contributed by atoms with Crippen molar-refractivity contribution in [3.05, 3.63) is 71.0 Å². The third-order valence-corrected chi connectivity index (χ3v) is 5.11. The molecule has 1 saturated heterocycles. The number of ketones is 1. The molecule has 2 aromatic rings. The number of hydrogen-bond donors (Lipinski definition) is 1. The number of rotatable bonds is 8. The molecule has 1 aliphatic rings. The van der Waals surface area contributed by atoms with Gasteiger partial charge in [0.2, 0.25) is 0 Å². The second-order valence-corrected chi connectivity index (χ2v) is 7.72. The van der Waals surface area contributed by atoms with Crippen LogP contribution in [0.15, 0.2) is 54.1 Å². The molecule has 1 N–H and O–H groups in total. The lowest BCUT2D eigenvalue weighted by Crippen LogP contribution is -2.35. The van der Waals surface area contributed by atoms with Crippen molar-refractivity contribution in [1.82, 2.24) is 9.80 Å². The lowest BCUT2D eigenvalue weighted by Gasteiger charge is -2.26. The average Bonchev–Trinajstić information content (AvgIpc) is 3.01. The zero-order valence-electron chi connectivity index (χ0n) is 18.0. The van der Waals surface area contributed by atoms with Crippen molar-refractivity contribution in [2.24, 2.45) is 0 Å². The van der Waals surface area contributed by atoms with Gasteiger partial charge in [0.1, 0.15) is 17.3 Å². The van der Waals surface area contributed by atoms with E-state index in [1.165, 1.54) is 29.2 Å². The predicted molar refractivity (Wildman–Crippen MR) is 116 cm³/mol. The van der Waals surface area contributed by atoms with Crippen LogP contribution in [0.1, 0.15) is 30.5 Å². The maximum atomic E-state index is 13.3. The molecule has 1 aliphatic heterocycles. The number of likely N-dealkylation sites (N-methyl/N-ethyl adjacent to an activating group) is 1. The van der Waals surface area contributed by atoms with E-state index in [9.17, 15) is 19.1 Å². The second-order valence-electron chi connectivity index (χ2n) is 7.72. The smallest absolute Gasteiger partial charge is 0.295 e. The van der Waals surface area contributed by atoms with E-state index in [0.717, 1.165) is 6.42 Å². The molecule has 7 heteroatoms. The number of amides is 1. The van der Waals surface area contributed by atoms with Gasteiger partial charge in [-0.25, -0.2) is 4.39 Å². The van der Waals surface area contributed by atoms with Gasteiger partial charge in [0.25, 0.3) is 11.7 Å². The normalized spacial score (nSPS) is 18.1. The lowest BCUT2D eigenvalue weighted by molar-refractivity contribution is -0.140. The number of aliphatic hydroxyl groups is 1. The number of halogens is 1. The molecule has 1 heterocycles. The van der Waals surface area contributed by atoms with Crippen molar-refractivity contribution >= 4 is 17.4 Å². The summed E-state index contributed by atoms with van der Waals surface area (Å²) < 4.78 is 19.0. The van der Waals surface area contributed by atoms with Gasteiger partial charge in [-0.3, -0.25) is 9.59 Å². The van der Waals surface area contributed by atoms with Crippen LogP contribution < -0.4 is 4.74 Å². The molecule has 6 nitrogen and oxygen atoms in total. The van der Waals surface area contributed by atoms with Crippen LogP contribution in [0.25, 0.3) is 5.76 Å². The summed E-state index contributed by atoms with van der Waals surface area (Å²) in [6.07, 6.45) is 0.879. The van der Waals surface area contributed by atoms with E-state index in [2.05, 4.69) is 0 Å². The number of likely N-dealkylation sites (tertiary alicyclic amines) is 1. The number of hydrogen-bond acceptors (Lipinski definition) is 5. The summed E-state index contributed by atoms with van der Waals surface area (Å²) in [5, 5.41) is 10.9. The molecule has 1 amide bonds. The fraction of sp³-hybridized carbons (Fsp3) is 0.333. The minimum absolute atomic E-state index is 0.00223. The van der Waals surface area contributed by atoms with E-state index in [1.54, 1.807) is 24.3 Å². The van der Waals surface area contributed by atoms with Gasteiger partial charge in [0.15, 0.2) is 0 Å². The van der Waals surface area contributed by atoms with E-state index in [0.29, 0.717) is 31.0 Å². The van der Waals surface area contributed by atoms with E-state index < -0.39 is 23.5 Å². The summed E-state index contributed by atoms with van der Waals surface area (Å²) in [4.78, 5) is 29.1. The summed E-state index contributed by atoms with van der Waals surface area (Å²) in [5.74, 6) is -1.50. The molecule has 0 saturated carbocycles. The Morgan fingerprint density at radius 2 is 1.74 bits per heavy atom. The van der Waals surface area contributed by atoms with Crippen LogP contribution in [0.2, 0.25) is 0 Å². The molecule has 31 heavy (non-hydrogen) atoms. The highest BCUT2D eigenvalue weighted by Crippen LogP contribution is 2.39. The van der Waals surface area contributed by atoms with Crippen molar-refractivity contribution in [3.63, 3.8) is 0 Å². The molecule has 0 bridgehead atoms. The summed E-state index contributed by atoms with van der Waals surface area (Å²) in [7, 11) is 3.76. The summed E-state index contributed by atoms with van der Waals surface area (Å²) in [6, 6.07) is 11.6. The van der Waals surface area contributed by atoms with Crippen molar-refractivity contribution < 1.29 is 23.8 Å². The molecule has 1 fully saturated rings. The minimum Gasteiger partial charge on any atom is -0.507 e. The van der Waals surface area contributed by atoms with Crippen LogP contribution in [0.5, 0.6) is 5.75 Å². The predicted octanol–water partition coefficient (Wildman–Crippen LogP) is 3.60. The summed E-state index contributed by atoms with van der Waals surface area (Å²) in [5.41, 5.74) is 0.961. The standard InChI is InChI=1S/C24H27FN2O4/c1-4-15-31-19-11-7-16(8-12-19)21-20(22(28)17-5-9-18(25)10-6-17)23(29)24(30)27(21)14-13-26(2)3/h5-12,21,28H,4,13-15H2,1-3H3/t21-/m1/s1. The third kappa shape index (κ3) is 4.94. The minimum atomic E-state index is -0.753. The van der Waals surface area contributed by atoms with Crippen LogP contribution in [0.3, 0.4) is 0 Å². The van der Waals surface area contributed by atoms with Crippen molar-refractivity contribution in [1.29, 1.82) is 0 Å². The summed E-state index contributed by atoms with van der Waals surface area (Å²) in [6.45, 7) is 3.47. The highest BCUT2D eigenvalue weighted by Gasteiger charge is 2.45. The van der Waals surface area contributed by atoms with Gasteiger partial charge >= 0.3 is 0 Å². The van der Waals surface area contributed by atoms with Crippen molar-refractivity contribution in [3.8, 4) is 5.75 Å². The molecule has 0 aromatic heterocycles.